The van der Waals surface area contributed by atoms with E-state index in [1.165, 1.54) is 29.0 Å². The van der Waals surface area contributed by atoms with Crippen LogP contribution in [0.5, 0.6) is 0 Å². The molecule has 2 atom stereocenters. The molecule has 1 aliphatic rings. The molecule has 0 saturated carbocycles. The van der Waals surface area contributed by atoms with E-state index >= 15 is 0 Å². The Balaban J connectivity index is 0.000000956. The van der Waals surface area contributed by atoms with Gasteiger partial charge in [-0.05, 0) is 18.5 Å². The van der Waals surface area contributed by atoms with E-state index in [0.29, 0.717) is 0 Å². The second kappa shape index (κ2) is 9.65. The van der Waals surface area contributed by atoms with Gasteiger partial charge in [0.2, 0.25) is 0 Å². The number of nitrogens with zero attached hydrogens (tertiary/aromatic N) is 1. The van der Waals surface area contributed by atoms with Gasteiger partial charge in [-0.3, -0.25) is 9.69 Å². The van der Waals surface area contributed by atoms with E-state index in [1.807, 2.05) is 18.2 Å². The van der Waals surface area contributed by atoms with Crippen LogP contribution in [0.1, 0.15) is 18.4 Å². The van der Waals surface area contributed by atoms with E-state index in [1.54, 1.807) is 0 Å². The second-order valence-corrected chi connectivity index (χ2v) is 4.83. The summed E-state index contributed by atoms with van der Waals surface area (Å²) < 4.78 is 4.91. The number of esters is 1. The molecule has 1 aromatic rings. The number of methoxy groups -OCH3 is 1. The van der Waals surface area contributed by atoms with Crippen LogP contribution in [-0.4, -0.2) is 30.6 Å². The zero-order chi connectivity index (χ0) is 15.0. The fraction of sp³-hybridized carbons (Fsp3) is 0.467. The van der Waals surface area contributed by atoms with Crippen LogP contribution in [0.4, 0.5) is 0 Å². The number of piperidine rings is 1. The number of hydrogen-bond donors (Lipinski definition) is 0. The number of likely N-dealkylation sites (tertiary alicyclic amines) is 1. The van der Waals surface area contributed by atoms with Gasteiger partial charge in [0.05, 0.1) is 13.2 Å². The zero-order valence-corrected chi connectivity index (χ0v) is 16.5. The van der Waals surface area contributed by atoms with Crippen LogP contribution >= 0.6 is 13.6 Å². The molecule has 0 spiro atoms. The van der Waals surface area contributed by atoms with Gasteiger partial charge in [-0.2, -0.15) is 0 Å². The molecule has 1 fully saturated rings. The van der Waals surface area contributed by atoms with Gasteiger partial charge in [0.1, 0.15) is 0 Å². The van der Waals surface area contributed by atoms with Gasteiger partial charge in [-0.15, -0.1) is 5.92 Å². The van der Waals surface area contributed by atoms with Gasteiger partial charge in [0.15, 0.2) is 0 Å². The van der Waals surface area contributed by atoms with Gasteiger partial charge in [-0.1, -0.05) is 36.8 Å². The van der Waals surface area contributed by atoms with Crippen LogP contribution in [0.2, 0.25) is 0 Å². The molecular formula is C15H20BrNO2Zn. The van der Waals surface area contributed by atoms with E-state index in [2.05, 4.69) is 37.6 Å². The summed E-state index contributed by atoms with van der Waals surface area (Å²) in [7, 11) is 1.45. The number of halogens is 1. The summed E-state index contributed by atoms with van der Waals surface area (Å²) in [6.45, 7) is 5.81. The van der Waals surface area contributed by atoms with Gasteiger partial charge in [0, 0.05) is 6.54 Å². The first-order chi connectivity index (χ1) is 9.72. The van der Waals surface area contributed by atoms with E-state index < -0.39 is 0 Å². The quantitative estimate of drug-likeness (QED) is 0.450. The molecule has 1 aromatic carbocycles. The summed E-state index contributed by atoms with van der Waals surface area (Å²) in [6.07, 6.45) is 2.08. The van der Waals surface area contributed by atoms with Crippen molar-refractivity contribution in [3.05, 3.63) is 42.8 Å². The van der Waals surface area contributed by atoms with Crippen molar-refractivity contribution in [3.63, 3.8) is 0 Å². The Morgan fingerprint density at radius 3 is 2.70 bits per heavy atom. The molecule has 0 N–H and O–H groups in total. The van der Waals surface area contributed by atoms with Crippen molar-refractivity contribution < 1.29 is 25.9 Å². The van der Waals surface area contributed by atoms with Crippen LogP contribution in [0.15, 0.2) is 30.3 Å². The molecule has 0 bridgehead atoms. The van der Waals surface area contributed by atoms with Crippen LogP contribution in [0, 0.1) is 12.8 Å². The van der Waals surface area contributed by atoms with Crippen molar-refractivity contribution in [3.8, 4) is 0 Å². The standard InChI is InChI=1S/C15H20NO2.BrH.Zn/c1-12-7-6-10-16(14(12)15(17)18-2)11-13-8-4-3-5-9-13;;/h3-5,8-9,12,14H,1,6-7,10-11H2,2H3;1H;/q-1;;+2/p-1/t12-,14+;;/m1../s1. The fourth-order valence-electron chi connectivity index (χ4n) is 2.61. The monoisotopic (exact) mass is 389 g/mol. The molecule has 5 heteroatoms. The van der Waals surface area contributed by atoms with Crippen LogP contribution in [-0.2, 0) is 32.4 Å². The Hall–Kier alpha value is -0.247. The normalized spacial score (nSPS) is 22.6. The SMILES string of the molecule is [CH2-][C@@H]1CCCN(Cc2ccccc2)[C@@H]1C(=O)OC.[Zn+][Br]. The third kappa shape index (κ3) is 4.94. The Bertz CT molecular complexity index is 402. The summed E-state index contributed by atoms with van der Waals surface area (Å²) >= 11 is 4.25. The molecule has 1 heterocycles. The molecule has 0 radical (unpaired) electrons. The minimum atomic E-state index is -0.205. The first-order valence-corrected chi connectivity index (χ1v) is 13.6. The average Bonchev–Trinajstić information content (AvgIpc) is 2.50. The number of ether oxygens (including phenoxy) is 1. The van der Waals surface area contributed by atoms with Crippen LogP contribution in [0.3, 0.4) is 0 Å². The molecule has 2 rings (SSSR count). The molecule has 3 nitrogen and oxygen atoms in total. The number of benzene rings is 1. The molecule has 106 valence electrons. The Kier molecular flexibility index (Phi) is 8.59. The Labute approximate surface area is 138 Å². The summed E-state index contributed by atoms with van der Waals surface area (Å²) in [5, 5.41) is 0. The number of carbonyl (C=O) groups excluding carboxylic acids is 1. The van der Waals surface area contributed by atoms with E-state index in [9.17, 15) is 4.79 Å². The topological polar surface area (TPSA) is 29.5 Å². The van der Waals surface area contributed by atoms with E-state index in [0.717, 1.165) is 25.9 Å². The van der Waals surface area contributed by atoms with Crippen molar-refractivity contribution in [1.29, 1.82) is 0 Å². The first kappa shape index (κ1) is 17.8. The van der Waals surface area contributed by atoms with Crippen molar-refractivity contribution in [2.24, 2.45) is 5.92 Å². The molecular weight excluding hydrogens is 371 g/mol. The summed E-state index contributed by atoms with van der Waals surface area (Å²) in [5.74, 6) is -0.0412. The molecule has 1 aliphatic heterocycles. The van der Waals surface area contributed by atoms with Crippen molar-refractivity contribution in [2.75, 3.05) is 13.7 Å². The molecule has 1 saturated heterocycles. The Morgan fingerprint density at radius 2 is 2.10 bits per heavy atom. The van der Waals surface area contributed by atoms with Gasteiger partial charge in [-0.25, -0.2) is 0 Å². The van der Waals surface area contributed by atoms with Crippen LogP contribution in [0.25, 0.3) is 0 Å². The molecule has 0 aliphatic carbocycles. The third-order valence-electron chi connectivity index (χ3n) is 3.53. The molecule has 0 aromatic heterocycles. The first-order valence-electron chi connectivity index (χ1n) is 6.68. The second-order valence-electron chi connectivity index (χ2n) is 4.83. The number of rotatable bonds is 3. The molecule has 0 unspecified atom stereocenters. The minimum absolute atomic E-state index is 0.120. The summed E-state index contributed by atoms with van der Waals surface area (Å²) in [5.41, 5.74) is 1.22. The Morgan fingerprint density at radius 1 is 1.45 bits per heavy atom. The van der Waals surface area contributed by atoms with Crippen molar-refractivity contribution in [1.82, 2.24) is 4.90 Å². The van der Waals surface area contributed by atoms with Crippen LogP contribution < -0.4 is 0 Å². The van der Waals surface area contributed by atoms with Gasteiger partial charge < -0.3 is 11.7 Å². The number of hydrogen-bond acceptors (Lipinski definition) is 3. The molecule has 20 heavy (non-hydrogen) atoms. The molecule has 0 amide bonds. The predicted molar refractivity (Wildman–Crippen MR) is 79.7 cm³/mol. The summed E-state index contributed by atoms with van der Waals surface area (Å²) in [4.78, 5) is 14.1. The summed E-state index contributed by atoms with van der Waals surface area (Å²) in [6, 6.07) is 10.0. The third-order valence-corrected chi connectivity index (χ3v) is 3.53. The van der Waals surface area contributed by atoms with Gasteiger partial charge >= 0.3 is 35.9 Å². The van der Waals surface area contributed by atoms with Crippen molar-refractivity contribution in [2.45, 2.75) is 25.4 Å². The predicted octanol–water partition coefficient (Wildman–Crippen LogP) is 3.12. The average molecular weight is 392 g/mol. The number of carbonyl (C=O) groups is 1. The fourth-order valence-corrected chi connectivity index (χ4v) is 2.61. The van der Waals surface area contributed by atoms with Crippen molar-refractivity contribution >= 4 is 19.6 Å². The maximum absolute atomic E-state index is 11.9. The van der Waals surface area contributed by atoms with Gasteiger partial charge in [0.25, 0.3) is 0 Å². The van der Waals surface area contributed by atoms with E-state index in [4.69, 9.17) is 4.74 Å². The zero-order valence-electron chi connectivity index (χ0n) is 11.9. The van der Waals surface area contributed by atoms with E-state index in [-0.39, 0.29) is 17.9 Å². The maximum atomic E-state index is 11.9.